The molecular weight excluding hydrogens is 216 g/mol. The van der Waals surface area contributed by atoms with Crippen LogP contribution in [-0.2, 0) is 0 Å². The minimum atomic E-state index is -1.08. The SMILES string of the molecule is COc1sc(C(=O)O)c(OC)c1Cl. The van der Waals surface area contributed by atoms with Crippen molar-refractivity contribution in [3.05, 3.63) is 9.90 Å². The van der Waals surface area contributed by atoms with Gasteiger partial charge in [0.2, 0.25) is 0 Å². The van der Waals surface area contributed by atoms with Gasteiger partial charge in [-0.2, -0.15) is 0 Å². The molecule has 0 saturated carbocycles. The van der Waals surface area contributed by atoms with Crippen LogP contribution in [0.2, 0.25) is 5.02 Å². The van der Waals surface area contributed by atoms with E-state index in [9.17, 15) is 4.79 Å². The second-order valence-electron chi connectivity index (χ2n) is 2.08. The third-order valence-corrected chi connectivity index (χ3v) is 2.94. The zero-order valence-corrected chi connectivity index (χ0v) is 8.53. The third kappa shape index (κ3) is 1.71. The fourth-order valence-electron chi connectivity index (χ4n) is 0.831. The molecule has 1 N–H and O–H groups in total. The summed E-state index contributed by atoms with van der Waals surface area (Å²) in [4.78, 5) is 10.7. The Morgan fingerprint density at radius 2 is 2.08 bits per heavy atom. The van der Waals surface area contributed by atoms with E-state index in [2.05, 4.69) is 0 Å². The highest BCUT2D eigenvalue weighted by atomic mass is 35.5. The number of methoxy groups -OCH3 is 2. The topological polar surface area (TPSA) is 55.8 Å². The summed E-state index contributed by atoms with van der Waals surface area (Å²) in [6.45, 7) is 0. The average Bonchev–Trinajstić information content (AvgIpc) is 2.42. The van der Waals surface area contributed by atoms with Crippen molar-refractivity contribution in [1.82, 2.24) is 0 Å². The van der Waals surface area contributed by atoms with Crippen LogP contribution >= 0.6 is 22.9 Å². The number of carbonyl (C=O) groups is 1. The van der Waals surface area contributed by atoms with Crippen molar-refractivity contribution in [3.63, 3.8) is 0 Å². The molecule has 0 saturated heterocycles. The van der Waals surface area contributed by atoms with Crippen molar-refractivity contribution in [1.29, 1.82) is 0 Å². The van der Waals surface area contributed by atoms with Crippen molar-refractivity contribution in [3.8, 4) is 10.8 Å². The predicted octanol–water partition coefficient (Wildman–Crippen LogP) is 2.12. The number of aromatic carboxylic acids is 1. The minimum Gasteiger partial charge on any atom is -0.493 e. The van der Waals surface area contributed by atoms with E-state index in [-0.39, 0.29) is 15.6 Å². The second kappa shape index (κ2) is 3.85. The summed E-state index contributed by atoms with van der Waals surface area (Å²) in [6, 6.07) is 0. The van der Waals surface area contributed by atoms with Crippen LogP contribution in [0.3, 0.4) is 0 Å². The van der Waals surface area contributed by atoms with Crippen molar-refractivity contribution in [2.45, 2.75) is 0 Å². The highest BCUT2D eigenvalue weighted by Gasteiger charge is 2.22. The van der Waals surface area contributed by atoms with Crippen LogP contribution in [-0.4, -0.2) is 25.3 Å². The summed E-state index contributed by atoms with van der Waals surface area (Å²) < 4.78 is 9.70. The van der Waals surface area contributed by atoms with Gasteiger partial charge in [-0.1, -0.05) is 22.9 Å². The van der Waals surface area contributed by atoms with Crippen molar-refractivity contribution in [2.75, 3.05) is 14.2 Å². The van der Waals surface area contributed by atoms with Crippen LogP contribution in [0.25, 0.3) is 0 Å². The molecule has 0 fully saturated rings. The number of carboxylic acid groups (broad SMARTS) is 1. The Bertz CT molecular complexity index is 333. The minimum absolute atomic E-state index is 0.0457. The first-order valence-corrected chi connectivity index (χ1v) is 4.44. The van der Waals surface area contributed by atoms with Gasteiger partial charge in [0.1, 0.15) is 5.02 Å². The largest absolute Gasteiger partial charge is 0.493 e. The third-order valence-electron chi connectivity index (χ3n) is 1.36. The monoisotopic (exact) mass is 222 g/mol. The molecular formula is C7H7ClO4S. The highest BCUT2D eigenvalue weighted by Crippen LogP contribution is 2.44. The van der Waals surface area contributed by atoms with Crippen LogP contribution in [0.4, 0.5) is 0 Å². The van der Waals surface area contributed by atoms with Gasteiger partial charge in [-0.15, -0.1) is 0 Å². The number of rotatable bonds is 3. The average molecular weight is 223 g/mol. The fraction of sp³-hybridized carbons (Fsp3) is 0.286. The van der Waals surface area contributed by atoms with Gasteiger partial charge in [0.05, 0.1) is 14.2 Å². The Kier molecular flexibility index (Phi) is 3.00. The normalized spacial score (nSPS) is 9.77. The number of hydrogen-bond donors (Lipinski definition) is 1. The summed E-state index contributed by atoms with van der Waals surface area (Å²) in [5.41, 5.74) is 0. The Morgan fingerprint density at radius 3 is 2.38 bits per heavy atom. The van der Waals surface area contributed by atoms with E-state index in [0.29, 0.717) is 5.06 Å². The summed E-state index contributed by atoms with van der Waals surface area (Å²) >= 11 is 6.71. The number of hydrogen-bond acceptors (Lipinski definition) is 4. The van der Waals surface area contributed by atoms with E-state index in [1.54, 1.807) is 0 Å². The number of ether oxygens (including phenoxy) is 2. The molecule has 1 heterocycles. The van der Waals surface area contributed by atoms with Crippen molar-refractivity contribution >= 4 is 28.9 Å². The van der Waals surface area contributed by atoms with Crippen LogP contribution < -0.4 is 9.47 Å². The van der Waals surface area contributed by atoms with Gasteiger partial charge in [-0.05, 0) is 0 Å². The van der Waals surface area contributed by atoms with Crippen molar-refractivity contribution < 1.29 is 19.4 Å². The highest BCUT2D eigenvalue weighted by molar-refractivity contribution is 7.16. The lowest BCUT2D eigenvalue weighted by Crippen LogP contribution is -1.95. The van der Waals surface area contributed by atoms with Crippen LogP contribution in [0.15, 0.2) is 0 Å². The molecule has 0 aliphatic rings. The quantitative estimate of drug-likeness (QED) is 0.851. The molecule has 6 heteroatoms. The smallest absolute Gasteiger partial charge is 0.349 e. The molecule has 0 aromatic carbocycles. The maximum atomic E-state index is 10.7. The molecule has 0 radical (unpaired) electrons. The van der Waals surface area contributed by atoms with Crippen LogP contribution in [0.1, 0.15) is 9.67 Å². The van der Waals surface area contributed by atoms with E-state index in [0.717, 1.165) is 11.3 Å². The molecule has 0 spiro atoms. The molecule has 0 aliphatic heterocycles. The van der Waals surface area contributed by atoms with Gasteiger partial charge >= 0.3 is 5.97 Å². The first kappa shape index (κ1) is 10.1. The Morgan fingerprint density at radius 1 is 1.46 bits per heavy atom. The molecule has 0 unspecified atom stereocenters. The van der Waals surface area contributed by atoms with E-state index in [1.807, 2.05) is 0 Å². The zero-order valence-electron chi connectivity index (χ0n) is 6.96. The maximum absolute atomic E-state index is 10.7. The Hall–Kier alpha value is -0.940. The zero-order chi connectivity index (χ0) is 10.0. The van der Waals surface area contributed by atoms with Crippen molar-refractivity contribution in [2.24, 2.45) is 0 Å². The molecule has 72 valence electrons. The Labute approximate surface area is 83.7 Å². The summed E-state index contributed by atoms with van der Waals surface area (Å²) in [5, 5.41) is 9.29. The number of thiophene rings is 1. The van der Waals surface area contributed by atoms with Gasteiger partial charge in [-0.25, -0.2) is 4.79 Å². The van der Waals surface area contributed by atoms with Crippen LogP contribution in [0, 0.1) is 0 Å². The molecule has 1 aromatic heterocycles. The van der Waals surface area contributed by atoms with Gasteiger partial charge in [0.25, 0.3) is 0 Å². The number of carboxylic acids is 1. The lowest BCUT2D eigenvalue weighted by atomic mass is 10.4. The lowest BCUT2D eigenvalue weighted by molar-refractivity contribution is 0.0699. The Balaban J connectivity index is 3.27. The molecule has 4 nitrogen and oxygen atoms in total. The molecule has 0 aliphatic carbocycles. The summed E-state index contributed by atoms with van der Waals surface area (Å²) in [6.07, 6.45) is 0. The van der Waals surface area contributed by atoms with Gasteiger partial charge in [0, 0.05) is 0 Å². The second-order valence-corrected chi connectivity index (χ2v) is 3.44. The van der Waals surface area contributed by atoms with Gasteiger partial charge in [-0.3, -0.25) is 0 Å². The summed E-state index contributed by atoms with van der Waals surface area (Å²) in [7, 11) is 2.78. The van der Waals surface area contributed by atoms with E-state index < -0.39 is 5.97 Å². The lowest BCUT2D eigenvalue weighted by Gasteiger charge is -1.97. The molecule has 13 heavy (non-hydrogen) atoms. The van der Waals surface area contributed by atoms with E-state index in [4.69, 9.17) is 26.2 Å². The fourth-order valence-corrected chi connectivity index (χ4v) is 2.07. The number of halogens is 1. The first-order chi connectivity index (χ1) is 6.11. The molecule has 0 bridgehead atoms. The molecule has 1 aromatic rings. The standard InChI is InChI=1S/C7H7ClO4S/c1-11-4-3(8)7(12-2)13-5(4)6(9)10/h1-2H3,(H,9,10). The maximum Gasteiger partial charge on any atom is 0.349 e. The first-order valence-electron chi connectivity index (χ1n) is 3.25. The predicted molar refractivity (Wildman–Crippen MR) is 49.4 cm³/mol. The molecule has 0 amide bonds. The van der Waals surface area contributed by atoms with Gasteiger partial charge < -0.3 is 14.6 Å². The summed E-state index contributed by atoms with van der Waals surface area (Å²) in [5.74, 6) is -0.928. The van der Waals surface area contributed by atoms with E-state index >= 15 is 0 Å². The van der Waals surface area contributed by atoms with Crippen LogP contribution in [0.5, 0.6) is 10.8 Å². The van der Waals surface area contributed by atoms with Gasteiger partial charge in [0.15, 0.2) is 15.7 Å². The van der Waals surface area contributed by atoms with E-state index in [1.165, 1.54) is 14.2 Å². The molecule has 0 atom stereocenters. The molecule has 1 rings (SSSR count).